The standard InChI is InChI=1S/C16H24N2O5/c1-4-7-17-14(19)10-18(8-5-2)15(20)13-9-11(16(21)22)12(6-3)23-13/h9H,4-8,10H2,1-3H3,(H,17,19)(H,21,22). The fourth-order valence-corrected chi connectivity index (χ4v) is 2.15. The summed E-state index contributed by atoms with van der Waals surface area (Å²) in [4.78, 5) is 36.9. The SMILES string of the molecule is CCCNC(=O)CN(CCC)C(=O)c1cc(C(=O)O)c(CC)o1. The number of nitrogens with one attached hydrogen (secondary N) is 1. The average molecular weight is 324 g/mol. The molecule has 7 nitrogen and oxygen atoms in total. The van der Waals surface area contributed by atoms with E-state index < -0.39 is 11.9 Å². The number of hydrogen-bond acceptors (Lipinski definition) is 4. The Kier molecular flexibility index (Phi) is 7.31. The molecule has 1 heterocycles. The third-order valence-electron chi connectivity index (χ3n) is 3.26. The minimum absolute atomic E-state index is 0.0114. The van der Waals surface area contributed by atoms with Crippen LogP contribution in [0.1, 0.15) is 60.3 Å². The summed E-state index contributed by atoms with van der Waals surface area (Å²) in [5.74, 6) is -1.63. The number of rotatable bonds is 9. The first-order valence-corrected chi connectivity index (χ1v) is 7.86. The zero-order valence-electron chi connectivity index (χ0n) is 13.8. The molecular weight excluding hydrogens is 300 g/mol. The smallest absolute Gasteiger partial charge is 0.339 e. The summed E-state index contributed by atoms with van der Waals surface area (Å²) in [6, 6.07) is 1.23. The van der Waals surface area contributed by atoms with Crippen molar-refractivity contribution in [2.24, 2.45) is 0 Å². The number of carbonyl (C=O) groups excluding carboxylic acids is 2. The molecule has 1 aromatic heterocycles. The normalized spacial score (nSPS) is 10.4. The van der Waals surface area contributed by atoms with E-state index in [0.29, 0.717) is 25.9 Å². The van der Waals surface area contributed by atoms with Gasteiger partial charge in [0.2, 0.25) is 5.91 Å². The van der Waals surface area contributed by atoms with E-state index in [-0.39, 0.29) is 29.5 Å². The lowest BCUT2D eigenvalue weighted by molar-refractivity contribution is -0.121. The molecule has 0 saturated heterocycles. The molecular formula is C16H24N2O5. The molecule has 0 atom stereocenters. The second-order valence-corrected chi connectivity index (χ2v) is 5.18. The Morgan fingerprint density at radius 2 is 1.91 bits per heavy atom. The minimum Gasteiger partial charge on any atom is -0.478 e. The number of furan rings is 1. The van der Waals surface area contributed by atoms with Crippen molar-refractivity contribution in [3.63, 3.8) is 0 Å². The first-order valence-electron chi connectivity index (χ1n) is 7.86. The molecule has 0 aromatic carbocycles. The van der Waals surface area contributed by atoms with Crippen LogP contribution < -0.4 is 5.32 Å². The Balaban J connectivity index is 2.92. The highest BCUT2D eigenvalue weighted by Gasteiger charge is 2.25. The van der Waals surface area contributed by atoms with Crippen molar-refractivity contribution in [3.05, 3.63) is 23.2 Å². The maximum absolute atomic E-state index is 12.5. The van der Waals surface area contributed by atoms with Gasteiger partial charge >= 0.3 is 5.97 Å². The van der Waals surface area contributed by atoms with Crippen LogP contribution in [0.5, 0.6) is 0 Å². The largest absolute Gasteiger partial charge is 0.478 e. The summed E-state index contributed by atoms with van der Waals surface area (Å²) in [5, 5.41) is 11.8. The van der Waals surface area contributed by atoms with Gasteiger partial charge in [0.05, 0.1) is 6.54 Å². The molecule has 23 heavy (non-hydrogen) atoms. The van der Waals surface area contributed by atoms with E-state index >= 15 is 0 Å². The molecule has 0 aliphatic rings. The van der Waals surface area contributed by atoms with Crippen molar-refractivity contribution < 1.29 is 23.9 Å². The summed E-state index contributed by atoms with van der Waals surface area (Å²) < 4.78 is 5.37. The van der Waals surface area contributed by atoms with Crippen LogP contribution in [-0.2, 0) is 11.2 Å². The van der Waals surface area contributed by atoms with Crippen LogP contribution in [-0.4, -0.2) is 47.4 Å². The molecule has 0 bridgehead atoms. The maximum Gasteiger partial charge on any atom is 0.339 e. The van der Waals surface area contributed by atoms with Gasteiger partial charge in [-0.15, -0.1) is 0 Å². The lowest BCUT2D eigenvalue weighted by atomic mass is 10.2. The van der Waals surface area contributed by atoms with Gasteiger partial charge in [0.15, 0.2) is 5.76 Å². The highest BCUT2D eigenvalue weighted by molar-refractivity contribution is 5.97. The van der Waals surface area contributed by atoms with E-state index in [9.17, 15) is 14.4 Å². The second kappa shape index (κ2) is 8.97. The summed E-state index contributed by atoms with van der Waals surface area (Å²) in [6.45, 7) is 6.46. The molecule has 7 heteroatoms. The molecule has 1 aromatic rings. The van der Waals surface area contributed by atoms with Gasteiger partial charge in [-0.1, -0.05) is 20.8 Å². The quantitative estimate of drug-likeness (QED) is 0.723. The van der Waals surface area contributed by atoms with Crippen molar-refractivity contribution in [1.82, 2.24) is 10.2 Å². The Hall–Kier alpha value is -2.31. The van der Waals surface area contributed by atoms with E-state index in [4.69, 9.17) is 9.52 Å². The van der Waals surface area contributed by atoms with Gasteiger partial charge in [0.25, 0.3) is 5.91 Å². The topological polar surface area (TPSA) is 99.9 Å². The van der Waals surface area contributed by atoms with Crippen molar-refractivity contribution in [2.75, 3.05) is 19.6 Å². The monoisotopic (exact) mass is 324 g/mol. The van der Waals surface area contributed by atoms with Crippen LogP contribution in [0, 0.1) is 0 Å². The number of aromatic carboxylic acids is 1. The van der Waals surface area contributed by atoms with E-state index in [1.807, 2.05) is 13.8 Å². The van der Waals surface area contributed by atoms with Crippen LogP contribution in [0.3, 0.4) is 0 Å². The van der Waals surface area contributed by atoms with Gasteiger partial charge in [-0.2, -0.15) is 0 Å². The van der Waals surface area contributed by atoms with Gasteiger partial charge in [0, 0.05) is 25.6 Å². The Bertz CT molecular complexity index is 565. The molecule has 0 fully saturated rings. The number of carbonyl (C=O) groups is 3. The predicted octanol–water partition coefficient (Wildman–Crippen LogP) is 1.92. The second-order valence-electron chi connectivity index (χ2n) is 5.18. The van der Waals surface area contributed by atoms with Crippen molar-refractivity contribution in [2.45, 2.75) is 40.0 Å². The van der Waals surface area contributed by atoms with Gasteiger partial charge in [-0.25, -0.2) is 4.79 Å². The zero-order chi connectivity index (χ0) is 17.4. The maximum atomic E-state index is 12.5. The summed E-state index contributed by atoms with van der Waals surface area (Å²) in [7, 11) is 0. The molecule has 2 N–H and O–H groups in total. The number of carboxylic acid groups (broad SMARTS) is 1. The van der Waals surface area contributed by atoms with Crippen molar-refractivity contribution >= 4 is 17.8 Å². The molecule has 0 radical (unpaired) electrons. The Labute approximate surface area is 135 Å². The lowest BCUT2D eigenvalue weighted by Crippen LogP contribution is -2.41. The molecule has 2 amide bonds. The summed E-state index contributed by atoms with van der Waals surface area (Å²) >= 11 is 0. The van der Waals surface area contributed by atoms with Gasteiger partial charge in [-0.05, 0) is 12.8 Å². The molecule has 128 valence electrons. The minimum atomic E-state index is -1.13. The first kappa shape index (κ1) is 18.7. The van der Waals surface area contributed by atoms with Crippen molar-refractivity contribution in [3.8, 4) is 0 Å². The average Bonchev–Trinajstić information content (AvgIpc) is 2.96. The first-order chi connectivity index (χ1) is 10.9. The molecule has 0 spiro atoms. The summed E-state index contributed by atoms with van der Waals surface area (Å²) in [6.07, 6.45) is 1.87. The number of hydrogen-bond donors (Lipinski definition) is 2. The van der Waals surface area contributed by atoms with Crippen molar-refractivity contribution in [1.29, 1.82) is 0 Å². The fourth-order valence-electron chi connectivity index (χ4n) is 2.15. The lowest BCUT2D eigenvalue weighted by Gasteiger charge is -2.20. The summed E-state index contributed by atoms with van der Waals surface area (Å²) in [5.41, 5.74) is -0.0114. The molecule has 0 saturated carbocycles. The highest BCUT2D eigenvalue weighted by atomic mass is 16.4. The molecule has 1 rings (SSSR count). The third-order valence-corrected chi connectivity index (χ3v) is 3.26. The van der Waals surface area contributed by atoms with Crippen LogP contribution in [0.15, 0.2) is 10.5 Å². The molecule has 0 aliphatic carbocycles. The van der Waals surface area contributed by atoms with E-state index in [1.54, 1.807) is 6.92 Å². The Morgan fingerprint density at radius 3 is 2.39 bits per heavy atom. The fraction of sp³-hybridized carbons (Fsp3) is 0.562. The van der Waals surface area contributed by atoms with Crippen LogP contribution >= 0.6 is 0 Å². The number of carboxylic acids is 1. The van der Waals surface area contributed by atoms with Gasteiger partial charge in [-0.3, -0.25) is 9.59 Å². The third kappa shape index (κ3) is 5.12. The Morgan fingerprint density at radius 1 is 1.22 bits per heavy atom. The van der Waals surface area contributed by atoms with E-state index in [0.717, 1.165) is 6.42 Å². The molecule has 0 unspecified atom stereocenters. The van der Waals surface area contributed by atoms with E-state index in [1.165, 1.54) is 11.0 Å². The van der Waals surface area contributed by atoms with Gasteiger partial charge < -0.3 is 19.7 Å². The van der Waals surface area contributed by atoms with Crippen LogP contribution in [0.4, 0.5) is 0 Å². The molecule has 0 aliphatic heterocycles. The van der Waals surface area contributed by atoms with Crippen LogP contribution in [0.2, 0.25) is 0 Å². The number of nitrogens with zero attached hydrogens (tertiary/aromatic N) is 1. The predicted molar refractivity (Wildman–Crippen MR) is 84.5 cm³/mol. The number of aryl methyl sites for hydroxylation is 1. The van der Waals surface area contributed by atoms with Crippen LogP contribution in [0.25, 0.3) is 0 Å². The highest BCUT2D eigenvalue weighted by Crippen LogP contribution is 2.18. The van der Waals surface area contributed by atoms with E-state index in [2.05, 4.69) is 5.32 Å². The number of amides is 2. The van der Waals surface area contributed by atoms with Gasteiger partial charge in [0.1, 0.15) is 11.3 Å². The zero-order valence-corrected chi connectivity index (χ0v) is 13.8.